The third-order valence-corrected chi connectivity index (χ3v) is 1.88. The fourth-order valence-electron chi connectivity index (χ4n) is 1.64. The highest BCUT2D eigenvalue weighted by Crippen LogP contribution is 2.08. The standard InChI is InChI=1S/C8H18N2O/c1-7-4-10(6-9-3)5-8(2)11-7/h7-9H,4-6H2,1-3H3/t7-,8-/m1/s1. The van der Waals surface area contributed by atoms with E-state index in [1.54, 1.807) is 0 Å². The van der Waals surface area contributed by atoms with Gasteiger partial charge in [0.15, 0.2) is 0 Å². The van der Waals surface area contributed by atoms with Crippen LogP contribution in [-0.2, 0) is 4.74 Å². The molecule has 1 rings (SSSR count). The van der Waals surface area contributed by atoms with Gasteiger partial charge in [0, 0.05) is 19.8 Å². The molecule has 3 heteroatoms. The maximum Gasteiger partial charge on any atom is 0.0678 e. The van der Waals surface area contributed by atoms with Gasteiger partial charge in [0.2, 0.25) is 0 Å². The largest absolute Gasteiger partial charge is 0.373 e. The highest BCUT2D eigenvalue weighted by molar-refractivity contribution is 4.71. The Bertz CT molecular complexity index is 109. The Hall–Kier alpha value is -0.120. The van der Waals surface area contributed by atoms with Crippen molar-refractivity contribution in [3.8, 4) is 0 Å². The second-order valence-electron chi connectivity index (χ2n) is 3.30. The van der Waals surface area contributed by atoms with E-state index in [1.165, 1.54) is 0 Å². The molecule has 0 aliphatic carbocycles. The average molecular weight is 158 g/mol. The molecule has 0 bridgehead atoms. The monoisotopic (exact) mass is 158 g/mol. The lowest BCUT2D eigenvalue weighted by atomic mass is 10.2. The molecule has 1 heterocycles. The van der Waals surface area contributed by atoms with Crippen LogP contribution in [0.3, 0.4) is 0 Å². The van der Waals surface area contributed by atoms with Crippen molar-refractivity contribution in [1.82, 2.24) is 10.2 Å². The van der Waals surface area contributed by atoms with Gasteiger partial charge in [0.25, 0.3) is 0 Å². The average Bonchev–Trinajstić information content (AvgIpc) is 1.85. The minimum atomic E-state index is 0.382. The van der Waals surface area contributed by atoms with Crippen molar-refractivity contribution < 1.29 is 4.74 Å². The second-order valence-corrected chi connectivity index (χ2v) is 3.30. The molecule has 0 aromatic rings. The van der Waals surface area contributed by atoms with Crippen molar-refractivity contribution in [2.24, 2.45) is 0 Å². The summed E-state index contributed by atoms with van der Waals surface area (Å²) in [4.78, 5) is 2.37. The smallest absolute Gasteiger partial charge is 0.0678 e. The van der Waals surface area contributed by atoms with Gasteiger partial charge in [-0.15, -0.1) is 0 Å². The van der Waals surface area contributed by atoms with Crippen molar-refractivity contribution in [2.45, 2.75) is 26.1 Å². The quantitative estimate of drug-likeness (QED) is 0.624. The van der Waals surface area contributed by atoms with Crippen LogP contribution >= 0.6 is 0 Å². The molecule has 0 saturated carbocycles. The van der Waals surface area contributed by atoms with E-state index in [2.05, 4.69) is 24.1 Å². The number of rotatable bonds is 2. The first-order valence-corrected chi connectivity index (χ1v) is 4.24. The third-order valence-electron chi connectivity index (χ3n) is 1.88. The van der Waals surface area contributed by atoms with Gasteiger partial charge in [-0.3, -0.25) is 4.90 Å². The highest BCUT2D eigenvalue weighted by Gasteiger charge is 2.20. The predicted octanol–water partition coefficient (Wildman–Crippen LogP) is 0.272. The van der Waals surface area contributed by atoms with Gasteiger partial charge >= 0.3 is 0 Å². The summed E-state index contributed by atoms with van der Waals surface area (Å²) >= 11 is 0. The minimum Gasteiger partial charge on any atom is -0.373 e. The summed E-state index contributed by atoms with van der Waals surface area (Å²) in [6, 6.07) is 0. The normalized spacial score (nSPS) is 34.1. The molecule has 1 N–H and O–H groups in total. The van der Waals surface area contributed by atoms with Gasteiger partial charge in [-0.25, -0.2) is 0 Å². The van der Waals surface area contributed by atoms with Crippen LogP contribution in [0.2, 0.25) is 0 Å². The van der Waals surface area contributed by atoms with Crippen LogP contribution in [0.25, 0.3) is 0 Å². The molecule has 66 valence electrons. The molecular weight excluding hydrogens is 140 g/mol. The Morgan fingerprint density at radius 2 is 1.91 bits per heavy atom. The first kappa shape index (κ1) is 8.97. The SMILES string of the molecule is CNCN1C[C@@H](C)O[C@H](C)C1. The van der Waals surface area contributed by atoms with Crippen LogP contribution in [0.4, 0.5) is 0 Å². The number of ether oxygens (including phenoxy) is 1. The number of morpholine rings is 1. The van der Waals surface area contributed by atoms with Crippen LogP contribution in [0, 0.1) is 0 Å². The predicted molar refractivity (Wildman–Crippen MR) is 45.5 cm³/mol. The van der Waals surface area contributed by atoms with Crippen LogP contribution < -0.4 is 5.32 Å². The van der Waals surface area contributed by atoms with Crippen molar-refractivity contribution in [3.63, 3.8) is 0 Å². The summed E-state index contributed by atoms with van der Waals surface area (Å²) in [5.74, 6) is 0. The number of nitrogens with zero attached hydrogens (tertiary/aromatic N) is 1. The molecule has 0 radical (unpaired) electrons. The zero-order valence-corrected chi connectivity index (χ0v) is 7.63. The van der Waals surface area contributed by atoms with Gasteiger partial charge in [-0.1, -0.05) is 0 Å². The Kier molecular flexibility index (Phi) is 3.30. The lowest BCUT2D eigenvalue weighted by Crippen LogP contribution is -2.48. The van der Waals surface area contributed by atoms with Crippen LogP contribution in [0.5, 0.6) is 0 Å². The lowest BCUT2D eigenvalue weighted by Gasteiger charge is -2.34. The van der Waals surface area contributed by atoms with E-state index in [1.807, 2.05) is 7.05 Å². The molecule has 1 aliphatic heterocycles. The zero-order chi connectivity index (χ0) is 8.27. The molecule has 2 atom stereocenters. The van der Waals surface area contributed by atoms with Gasteiger partial charge in [-0.05, 0) is 20.9 Å². The number of nitrogens with one attached hydrogen (secondary N) is 1. The summed E-state index contributed by atoms with van der Waals surface area (Å²) < 4.78 is 5.59. The minimum absolute atomic E-state index is 0.382. The summed E-state index contributed by atoms with van der Waals surface area (Å²) in [5.41, 5.74) is 0. The van der Waals surface area contributed by atoms with Crippen molar-refractivity contribution in [3.05, 3.63) is 0 Å². The Labute approximate surface area is 68.7 Å². The van der Waals surface area contributed by atoms with E-state index in [9.17, 15) is 0 Å². The molecule has 11 heavy (non-hydrogen) atoms. The van der Waals surface area contributed by atoms with Gasteiger partial charge in [0.05, 0.1) is 12.2 Å². The first-order valence-electron chi connectivity index (χ1n) is 4.24. The zero-order valence-electron chi connectivity index (χ0n) is 7.63. The van der Waals surface area contributed by atoms with Crippen LogP contribution in [0.15, 0.2) is 0 Å². The number of hydrogen-bond donors (Lipinski definition) is 1. The van der Waals surface area contributed by atoms with E-state index in [4.69, 9.17) is 4.74 Å². The van der Waals surface area contributed by atoms with Crippen LogP contribution in [-0.4, -0.2) is 43.9 Å². The fraction of sp³-hybridized carbons (Fsp3) is 1.00. The van der Waals surface area contributed by atoms with E-state index < -0.39 is 0 Å². The molecule has 1 saturated heterocycles. The maximum absolute atomic E-state index is 5.59. The molecule has 0 amide bonds. The van der Waals surface area contributed by atoms with E-state index in [0.717, 1.165) is 19.8 Å². The first-order chi connectivity index (χ1) is 5.22. The molecule has 1 fully saturated rings. The summed E-state index contributed by atoms with van der Waals surface area (Å²) in [5, 5.41) is 3.15. The van der Waals surface area contributed by atoms with Crippen molar-refractivity contribution in [1.29, 1.82) is 0 Å². The van der Waals surface area contributed by atoms with Crippen LogP contribution in [0.1, 0.15) is 13.8 Å². The summed E-state index contributed by atoms with van der Waals surface area (Å²) in [6.07, 6.45) is 0.763. The van der Waals surface area contributed by atoms with Crippen molar-refractivity contribution >= 4 is 0 Å². The molecule has 0 aromatic carbocycles. The lowest BCUT2D eigenvalue weighted by molar-refractivity contribution is -0.0693. The van der Waals surface area contributed by atoms with E-state index in [0.29, 0.717) is 12.2 Å². The molecule has 1 aliphatic rings. The topological polar surface area (TPSA) is 24.5 Å². The van der Waals surface area contributed by atoms with E-state index in [-0.39, 0.29) is 0 Å². The van der Waals surface area contributed by atoms with E-state index >= 15 is 0 Å². The molecule has 0 aromatic heterocycles. The summed E-state index contributed by atoms with van der Waals surface area (Å²) in [7, 11) is 1.98. The molecular formula is C8H18N2O. The van der Waals surface area contributed by atoms with Crippen molar-refractivity contribution in [2.75, 3.05) is 26.8 Å². The Balaban J connectivity index is 2.30. The van der Waals surface area contributed by atoms with Gasteiger partial charge in [-0.2, -0.15) is 0 Å². The highest BCUT2D eigenvalue weighted by atomic mass is 16.5. The number of hydrogen-bond acceptors (Lipinski definition) is 3. The maximum atomic E-state index is 5.59. The molecule has 3 nitrogen and oxygen atoms in total. The van der Waals surface area contributed by atoms with Gasteiger partial charge < -0.3 is 10.1 Å². The second kappa shape index (κ2) is 4.04. The fourth-order valence-corrected chi connectivity index (χ4v) is 1.64. The third kappa shape index (κ3) is 2.77. The van der Waals surface area contributed by atoms with Gasteiger partial charge in [0.1, 0.15) is 0 Å². The Morgan fingerprint density at radius 3 is 2.36 bits per heavy atom. The Morgan fingerprint density at radius 1 is 1.36 bits per heavy atom. The molecule has 0 unspecified atom stereocenters. The molecule has 0 spiro atoms. The summed E-state index contributed by atoms with van der Waals surface area (Å²) in [6.45, 7) is 7.31.